The Morgan fingerprint density at radius 1 is 1.40 bits per heavy atom. The van der Waals surface area contributed by atoms with Crippen molar-refractivity contribution >= 4 is 16.0 Å². The molecule has 0 aliphatic heterocycles. The van der Waals surface area contributed by atoms with Crippen LogP contribution in [0.2, 0.25) is 0 Å². The molecule has 1 aromatic carbocycles. The van der Waals surface area contributed by atoms with E-state index in [0.29, 0.717) is 6.42 Å². The number of rotatable bonds is 7. The highest BCUT2D eigenvalue weighted by molar-refractivity contribution is 7.89. The predicted octanol–water partition coefficient (Wildman–Crippen LogP) is 1.00. The van der Waals surface area contributed by atoms with Crippen LogP contribution in [0, 0.1) is 0 Å². The Labute approximate surface area is 119 Å². The molecule has 1 unspecified atom stereocenters. The molecule has 0 spiro atoms. The molecule has 20 heavy (non-hydrogen) atoms. The van der Waals surface area contributed by atoms with Crippen LogP contribution in [0.15, 0.2) is 29.2 Å². The quantitative estimate of drug-likeness (QED) is 0.784. The number of nitrogens with one attached hydrogen (secondary N) is 1. The number of benzene rings is 1. The first-order valence-electron chi connectivity index (χ1n) is 6.23. The lowest BCUT2D eigenvalue weighted by molar-refractivity contribution is 0.0696. The van der Waals surface area contributed by atoms with Crippen molar-refractivity contribution in [3.05, 3.63) is 29.8 Å². The molecular weight excluding hydrogens is 280 g/mol. The second kappa shape index (κ2) is 6.83. The smallest absolute Gasteiger partial charge is 0.335 e. The van der Waals surface area contributed by atoms with E-state index in [1.807, 2.05) is 19.0 Å². The maximum Gasteiger partial charge on any atom is 0.335 e. The first-order chi connectivity index (χ1) is 9.22. The fourth-order valence-electron chi connectivity index (χ4n) is 1.64. The topological polar surface area (TPSA) is 86.7 Å². The standard InChI is InChI=1S/C13H20N2O4S/c1-10(7-8-15(2)3)14-20(18,19)12-6-4-5-11(9-12)13(16)17/h4-6,9-10,14H,7-8H2,1-3H3,(H,16,17). The first-order valence-corrected chi connectivity index (χ1v) is 7.71. The zero-order chi connectivity index (χ0) is 15.3. The van der Waals surface area contributed by atoms with E-state index in [1.54, 1.807) is 6.92 Å². The monoisotopic (exact) mass is 300 g/mol. The summed E-state index contributed by atoms with van der Waals surface area (Å²) < 4.78 is 26.8. The molecule has 0 fully saturated rings. The summed E-state index contributed by atoms with van der Waals surface area (Å²) >= 11 is 0. The molecule has 7 heteroatoms. The fourth-order valence-corrected chi connectivity index (χ4v) is 2.96. The average molecular weight is 300 g/mol. The maximum absolute atomic E-state index is 12.1. The zero-order valence-corrected chi connectivity index (χ0v) is 12.6. The highest BCUT2D eigenvalue weighted by atomic mass is 32.2. The third-order valence-electron chi connectivity index (χ3n) is 2.76. The lowest BCUT2D eigenvalue weighted by atomic mass is 10.2. The third-order valence-corrected chi connectivity index (χ3v) is 4.34. The number of carboxylic acid groups (broad SMARTS) is 1. The van der Waals surface area contributed by atoms with Gasteiger partial charge in [0, 0.05) is 6.04 Å². The van der Waals surface area contributed by atoms with Crippen LogP contribution in [-0.2, 0) is 10.0 Å². The van der Waals surface area contributed by atoms with E-state index in [0.717, 1.165) is 12.6 Å². The molecule has 0 aliphatic rings. The Morgan fingerprint density at radius 3 is 2.60 bits per heavy atom. The van der Waals surface area contributed by atoms with Gasteiger partial charge in [-0.3, -0.25) is 0 Å². The van der Waals surface area contributed by atoms with Crippen LogP contribution in [0.25, 0.3) is 0 Å². The van der Waals surface area contributed by atoms with Crippen molar-refractivity contribution in [2.45, 2.75) is 24.3 Å². The fraction of sp³-hybridized carbons (Fsp3) is 0.462. The van der Waals surface area contributed by atoms with Crippen molar-refractivity contribution < 1.29 is 18.3 Å². The SMILES string of the molecule is CC(CCN(C)C)NS(=O)(=O)c1cccc(C(=O)O)c1. The number of aromatic carboxylic acids is 1. The van der Waals surface area contributed by atoms with Gasteiger partial charge in [-0.1, -0.05) is 6.07 Å². The van der Waals surface area contributed by atoms with E-state index in [9.17, 15) is 13.2 Å². The van der Waals surface area contributed by atoms with Crippen molar-refractivity contribution in [3.8, 4) is 0 Å². The van der Waals surface area contributed by atoms with Gasteiger partial charge in [0.15, 0.2) is 0 Å². The summed E-state index contributed by atoms with van der Waals surface area (Å²) in [6.45, 7) is 2.54. The van der Waals surface area contributed by atoms with Crippen LogP contribution >= 0.6 is 0 Å². The van der Waals surface area contributed by atoms with Gasteiger partial charge >= 0.3 is 5.97 Å². The molecule has 0 aromatic heterocycles. The lowest BCUT2D eigenvalue weighted by Gasteiger charge is -2.17. The second-order valence-electron chi connectivity index (χ2n) is 4.95. The Hall–Kier alpha value is -1.44. The van der Waals surface area contributed by atoms with Gasteiger partial charge in [0.05, 0.1) is 10.5 Å². The summed E-state index contributed by atoms with van der Waals surface area (Å²) in [6.07, 6.45) is 0.671. The summed E-state index contributed by atoms with van der Waals surface area (Å²) in [5.74, 6) is -1.15. The summed E-state index contributed by atoms with van der Waals surface area (Å²) in [5, 5.41) is 8.88. The van der Waals surface area contributed by atoms with Crippen LogP contribution in [0.5, 0.6) is 0 Å². The molecule has 112 valence electrons. The summed E-state index contributed by atoms with van der Waals surface area (Å²) in [4.78, 5) is 12.8. The molecule has 0 aliphatic carbocycles. The van der Waals surface area contributed by atoms with Gasteiger partial charge in [0.25, 0.3) is 0 Å². The Morgan fingerprint density at radius 2 is 2.05 bits per heavy atom. The minimum atomic E-state index is -3.70. The highest BCUT2D eigenvalue weighted by Gasteiger charge is 2.18. The molecule has 0 radical (unpaired) electrons. The molecular formula is C13H20N2O4S. The van der Waals surface area contributed by atoms with Crippen LogP contribution in [0.4, 0.5) is 0 Å². The molecule has 6 nitrogen and oxygen atoms in total. The molecule has 0 saturated heterocycles. The van der Waals surface area contributed by atoms with Crippen molar-refractivity contribution in [3.63, 3.8) is 0 Å². The number of carboxylic acids is 1. The van der Waals surface area contributed by atoms with E-state index in [2.05, 4.69) is 4.72 Å². The van der Waals surface area contributed by atoms with Crippen molar-refractivity contribution in [2.75, 3.05) is 20.6 Å². The van der Waals surface area contributed by atoms with Gasteiger partial charge in [-0.25, -0.2) is 17.9 Å². The van der Waals surface area contributed by atoms with Gasteiger partial charge < -0.3 is 10.0 Å². The number of sulfonamides is 1. The van der Waals surface area contributed by atoms with Gasteiger partial charge in [-0.15, -0.1) is 0 Å². The van der Waals surface area contributed by atoms with Gasteiger partial charge in [0.1, 0.15) is 0 Å². The van der Waals surface area contributed by atoms with E-state index in [-0.39, 0.29) is 16.5 Å². The van der Waals surface area contributed by atoms with Crippen molar-refractivity contribution in [1.29, 1.82) is 0 Å². The van der Waals surface area contributed by atoms with Crippen LogP contribution in [0.3, 0.4) is 0 Å². The Bertz CT molecular complexity index is 569. The number of hydrogen-bond acceptors (Lipinski definition) is 4. The lowest BCUT2D eigenvalue weighted by Crippen LogP contribution is -2.34. The summed E-state index contributed by atoms with van der Waals surface area (Å²) in [5.41, 5.74) is -0.0474. The van der Waals surface area contributed by atoms with E-state index >= 15 is 0 Å². The minimum Gasteiger partial charge on any atom is -0.478 e. The first kappa shape index (κ1) is 16.6. The number of carbonyl (C=O) groups is 1. The zero-order valence-electron chi connectivity index (χ0n) is 11.8. The van der Waals surface area contributed by atoms with Crippen LogP contribution < -0.4 is 4.72 Å². The van der Waals surface area contributed by atoms with Crippen molar-refractivity contribution in [1.82, 2.24) is 9.62 Å². The highest BCUT2D eigenvalue weighted by Crippen LogP contribution is 2.12. The molecule has 0 bridgehead atoms. The van der Waals surface area contributed by atoms with E-state index < -0.39 is 16.0 Å². The second-order valence-corrected chi connectivity index (χ2v) is 6.66. The molecule has 1 aromatic rings. The van der Waals surface area contributed by atoms with Gasteiger partial charge in [0.2, 0.25) is 10.0 Å². The van der Waals surface area contributed by atoms with Crippen LogP contribution in [0.1, 0.15) is 23.7 Å². The normalized spacial score (nSPS) is 13.4. The number of nitrogens with zero attached hydrogens (tertiary/aromatic N) is 1. The summed E-state index contributed by atoms with van der Waals surface area (Å²) in [6, 6.07) is 5.09. The summed E-state index contributed by atoms with van der Waals surface area (Å²) in [7, 11) is 0.133. The maximum atomic E-state index is 12.1. The number of hydrogen-bond donors (Lipinski definition) is 2. The minimum absolute atomic E-state index is 0.0332. The molecule has 0 heterocycles. The Kier molecular flexibility index (Phi) is 5.67. The third kappa shape index (κ3) is 4.92. The van der Waals surface area contributed by atoms with E-state index in [4.69, 9.17) is 5.11 Å². The predicted molar refractivity (Wildman–Crippen MR) is 76.4 cm³/mol. The Balaban J connectivity index is 2.83. The van der Waals surface area contributed by atoms with Gasteiger partial charge in [-0.05, 0) is 52.2 Å². The van der Waals surface area contributed by atoms with Crippen molar-refractivity contribution in [2.24, 2.45) is 0 Å². The van der Waals surface area contributed by atoms with Gasteiger partial charge in [-0.2, -0.15) is 0 Å². The molecule has 0 saturated carbocycles. The van der Waals surface area contributed by atoms with Crippen LogP contribution in [-0.4, -0.2) is 51.1 Å². The molecule has 2 N–H and O–H groups in total. The largest absolute Gasteiger partial charge is 0.478 e. The average Bonchev–Trinajstić information content (AvgIpc) is 2.36. The molecule has 0 amide bonds. The molecule has 1 atom stereocenters. The van der Waals surface area contributed by atoms with E-state index in [1.165, 1.54) is 18.2 Å². The molecule has 1 rings (SSSR count).